The van der Waals surface area contributed by atoms with Crippen LogP contribution in [-0.4, -0.2) is 67.6 Å². The van der Waals surface area contributed by atoms with E-state index < -0.39 is 0 Å². The Labute approximate surface area is 142 Å². The van der Waals surface area contributed by atoms with Gasteiger partial charge in [0.25, 0.3) is 5.91 Å². The van der Waals surface area contributed by atoms with E-state index in [-0.39, 0.29) is 17.9 Å². The average Bonchev–Trinajstić information content (AvgIpc) is 2.62. The zero-order valence-electron chi connectivity index (χ0n) is 14.2. The highest BCUT2D eigenvalue weighted by Gasteiger charge is 2.26. The fourth-order valence-corrected chi connectivity index (χ4v) is 3.31. The van der Waals surface area contributed by atoms with E-state index in [0.717, 1.165) is 25.8 Å². The van der Waals surface area contributed by atoms with Gasteiger partial charge in [0.1, 0.15) is 0 Å². The van der Waals surface area contributed by atoms with E-state index in [0.29, 0.717) is 37.6 Å². The van der Waals surface area contributed by atoms with Gasteiger partial charge in [0.05, 0.1) is 19.3 Å². The number of hydrogen-bond donors (Lipinski definition) is 1. The molecule has 2 aliphatic rings. The van der Waals surface area contributed by atoms with Crippen molar-refractivity contribution < 1.29 is 14.3 Å². The molecule has 0 spiro atoms. The Hall–Kier alpha value is -1.92. The fraction of sp³-hybridized carbons (Fsp3) is 0.556. The van der Waals surface area contributed by atoms with E-state index in [9.17, 15) is 9.59 Å². The van der Waals surface area contributed by atoms with E-state index in [1.807, 2.05) is 19.2 Å². The summed E-state index contributed by atoms with van der Waals surface area (Å²) in [6, 6.07) is 7.11. The molecule has 1 aromatic rings. The molecule has 24 heavy (non-hydrogen) atoms. The van der Waals surface area contributed by atoms with Gasteiger partial charge >= 0.3 is 0 Å². The molecule has 1 N–H and O–H groups in total. The topological polar surface area (TPSA) is 61.9 Å². The van der Waals surface area contributed by atoms with E-state index in [4.69, 9.17) is 4.74 Å². The number of morpholine rings is 1. The average molecular weight is 331 g/mol. The molecule has 0 radical (unpaired) electrons. The highest BCUT2D eigenvalue weighted by molar-refractivity contribution is 5.98. The Balaban J connectivity index is 1.66. The third-order valence-electron chi connectivity index (χ3n) is 4.75. The second kappa shape index (κ2) is 7.77. The van der Waals surface area contributed by atoms with Crippen LogP contribution in [0, 0.1) is 0 Å². The molecular formula is C18H25N3O3. The van der Waals surface area contributed by atoms with Gasteiger partial charge in [0.2, 0.25) is 5.91 Å². The van der Waals surface area contributed by atoms with Gasteiger partial charge in [-0.05, 0) is 44.6 Å². The first-order valence-corrected chi connectivity index (χ1v) is 8.63. The van der Waals surface area contributed by atoms with Crippen LogP contribution in [0.4, 0.5) is 5.69 Å². The molecule has 2 aliphatic heterocycles. The van der Waals surface area contributed by atoms with Crippen molar-refractivity contribution in [3.8, 4) is 0 Å². The maximum Gasteiger partial charge on any atom is 0.254 e. The number of carbonyl (C=O) groups is 2. The summed E-state index contributed by atoms with van der Waals surface area (Å²) >= 11 is 0. The number of amides is 2. The first-order valence-electron chi connectivity index (χ1n) is 8.63. The molecule has 2 fully saturated rings. The smallest absolute Gasteiger partial charge is 0.254 e. The maximum absolute atomic E-state index is 12.5. The van der Waals surface area contributed by atoms with Crippen molar-refractivity contribution in [3.63, 3.8) is 0 Å². The summed E-state index contributed by atoms with van der Waals surface area (Å²) in [5, 5.41) is 2.96. The largest absolute Gasteiger partial charge is 0.378 e. The first-order chi connectivity index (χ1) is 11.6. The first kappa shape index (κ1) is 16.9. The second-order valence-corrected chi connectivity index (χ2v) is 6.47. The van der Waals surface area contributed by atoms with Crippen LogP contribution >= 0.6 is 0 Å². The minimum absolute atomic E-state index is 0.00757. The van der Waals surface area contributed by atoms with Gasteiger partial charge < -0.3 is 15.0 Å². The molecule has 6 heteroatoms. The van der Waals surface area contributed by atoms with Crippen LogP contribution in [0.15, 0.2) is 24.3 Å². The fourth-order valence-electron chi connectivity index (χ4n) is 3.31. The van der Waals surface area contributed by atoms with Crippen LogP contribution in [0.3, 0.4) is 0 Å². The zero-order chi connectivity index (χ0) is 16.9. The van der Waals surface area contributed by atoms with Gasteiger partial charge in [-0.15, -0.1) is 0 Å². The van der Waals surface area contributed by atoms with Crippen molar-refractivity contribution >= 4 is 17.5 Å². The van der Waals surface area contributed by atoms with Crippen LogP contribution in [0.25, 0.3) is 0 Å². The third kappa shape index (κ3) is 3.94. The van der Waals surface area contributed by atoms with E-state index in [1.165, 1.54) is 0 Å². The van der Waals surface area contributed by atoms with Gasteiger partial charge in [0.15, 0.2) is 0 Å². The Kier molecular flexibility index (Phi) is 5.48. The molecule has 6 nitrogen and oxygen atoms in total. The standard InChI is InChI=1S/C18H25N3O3/c1-20-8-3-2-7-16(20)17(22)19-15-6-4-5-14(13-15)18(23)21-9-11-24-12-10-21/h4-6,13,16H,2-3,7-12H2,1H3,(H,19,22)/t16-/m1/s1. The van der Waals surface area contributed by atoms with Crippen LogP contribution in [0.2, 0.25) is 0 Å². The molecule has 2 saturated heterocycles. The number of carbonyl (C=O) groups excluding carboxylic acids is 2. The summed E-state index contributed by atoms with van der Waals surface area (Å²) in [5.74, 6) is -0.00245. The molecule has 0 bridgehead atoms. The number of hydrogen-bond acceptors (Lipinski definition) is 4. The normalized spacial score (nSPS) is 22.2. The van der Waals surface area contributed by atoms with E-state index >= 15 is 0 Å². The number of anilines is 1. The number of piperidine rings is 1. The Morgan fingerprint density at radius 1 is 1.17 bits per heavy atom. The number of benzene rings is 1. The lowest BCUT2D eigenvalue weighted by Crippen LogP contribution is -2.44. The monoisotopic (exact) mass is 331 g/mol. The van der Waals surface area contributed by atoms with Gasteiger partial charge in [-0.25, -0.2) is 0 Å². The van der Waals surface area contributed by atoms with Gasteiger partial charge in [-0.1, -0.05) is 12.5 Å². The highest BCUT2D eigenvalue weighted by Crippen LogP contribution is 2.18. The molecular weight excluding hydrogens is 306 g/mol. The van der Waals surface area contributed by atoms with Gasteiger partial charge in [-0.3, -0.25) is 14.5 Å². The summed E-state index contributed by atoms with van der Waals surface area (Å²) in [6.07, 6.45) is 3.11. The van der Waals surface area contributed by atoms with Gasteiger partial charge in [-0.2, -0.15) is 0 Å². The Morgan fingerprint density at radius 3 is 2.71 bits per heavy atom. The number of likely N-dealkylation sites (N-methyl/N-ethyl adjacent to an activating group) is 1. The predicted octanol–water partition coefficient (Wildman–Crippen LogP) is 1.58. The molecule has 2 heterocycles. The van der Waals surface area contributed by atoms with E-state index in [2.05, 4.69) is 10.2 Å². The van der Waals surface area contributed by atoms with Crippen molar-refractivity contribution in [2.45, 2.75) is 25.3 Å². The molecule has 0 saturated carbocycles. The SMILES string of the molecule is CN1CCCC[C@@H]1C(=O)Nc1cccc(C(=O)N2CCOCC2)c1. The Bertz CT molecular complexity index is 599. The minimum Gasteiger partial charge on any atom is -0.378 e. The lowest BCUT2D eigenvalue weighted by molar-refractivity contribution is -0.121. The van der Waals surface area contributed by atoms with Crippen LogP contribution in [-0.2, 0) is 9.53 Å². The zero-order valence-corrected chi connectivity index (χ0v) is 14.2. The van der Waals surface area contributed by atoms with Crippen LogP contribution in [0.1, 0.15) is 29.6 Å². The lowest BCUT2D eigenvalue weighted by Gasteiger charge is -2.31. The van der Waals surface area contributed by atoms with Crippen molar-refractivity contribution in [1.82, 2.24) is 9.80 Å². The van der Waals surface area contributed by atoms with Gasteiger partial charge in [0, 0.05) is 24.3 Å². The second-order valence-electron chi connectivity index (χ2n) is 6.47. The van der Waals surface area contributed by atoms with Crippen molar-refractivity contribution in [2.24, 2.45) is 0 Å². The lowest BCUT2D eigenvalue weighted by atomic mass is 10.0. The third-order valence-corrected chi connectivity index (χ3v) is 4.75. The predicted molar refractivity (Wildman–Crippen MR) is 92.1 cm³/mol. The molecule has 1 atom stereocenters. The van der Waals surface area contributed by atoms with Crippen molar-refractivity contribution in [1.29, 1.82) is 0 Å². The van der Waals surface area contributed by atoms with Crippen LogP contribution in [0.5, 0.6) is 0 Å². The number of rotatable bonds is 3. The molecule has 0 unspecified atom stereocenters. The summed E-state index contributed by atoms with van der Waals surface area (Å²) in [4.78, 5) is 28.9. The molecule has 1 aromatic carbocycles. The number of ether oxygens (including phenoxy) is 1. The highest BCUT2D eigenvalue weighted by atomic mass is 16.5. The maximum atomic E-state index is 12.5. The summed E-state index contributed by atoms with van der Waals surface area (Å²) in [7, 11) is 1.99. The van der Waals surface area contributed by atoms with E-state index in [1.54, 1.807) is 17.0 Å². The summed E-state index contributed by atoms with van der Waals surface area (Å²) < 4.78 is 5.28. The summed E-state index contributed by atoms with van der Waals surface area (Å²) in [6.45, 7) is 3.34. The van der Waals surface area contributed by atoms with Crippen LogP contribution < -0.4 is 5.32 Å². The number of nitrogens with one attached hydrogen (secondary N) is 1. The Morgan fingerprint density at radius 2 is 1.96 bits per heavy atom. The quantitative estimate of drug-likeness (QED) is 0.913. The number of nitrogens with zero attached hydrogens (tertiary/aromatic N) is 2. The minimum atomic E-state index is -0.0858. The molecule has 0 aromatic heterocycles. The summed E-state index contributed by atoms with van der Waals surface area (Å²) in [5.41, 5.74) is 1.28. The molecule has 130 valence electrons. The number of likely N-dealkylation sites (tertiary alicyclic amines) is 1. The van der Waals surface area contributed by atoms with Crippen molar-refractivity contribution in [2.75, 3.05) is 45.2 Å². The molecule has 0 aliphatic carbocycles. The molecule has 3 rings (SSSR count). The van der Waals surface area contributed by atoms with Crippen molar-refractivity contribution in [3.05, 3.63) is 29.8 Å². The molecule has 2 amide bonds.